The summed E-state index contributed by atoms with van der Waals surface area (Å²) in [5.74, 6) is -5.53. The van der Waals surface area contributed by atoms with Crippen molar-refractivity contribution >= 4 is 24.4 Å². The van der Waals surface area contributed by atoms with E-state index >= 15 is 0 Å². The Hall–Kier alpha value is -2.12. The summed E-state index contributed by atoms with van der Waals surface area (Å²) in [5, 5.41) is 0. The average Bonchev–Trinajstić information content (AvgIpc) is 2.45. The van der Waals surface area contributed by atoms with E-state index in [1.807, 2.05) is 0 Å². The van der Waals surface area contributed by atoms with Crippen molar-refractivity contribution in [2.75, 3.05) is 27.9 Å². The van der Waals surface area contributed by atoms with E-state index in [1.165, 1.54) is 14.2 Å². The zero-order valence-corrected chi connectivity index (χ0v) is 11.4. The highest BCUT2D eigenvalue weighted by atomic mass is 16.5. The van der Waals surface area contributed by atoms with Crippen LogP contribution in [0.15, 0.2) is 0 Å². The molecule has 0 heterocycles. The number of hydrogen-bond donors (Lipinski definition) is 0. The van der Waals surface area contributed by atoms with Crippen LogP contribution in [0, 0.1) is 23.7 Å². The zero-order valence-electron chi connectivity index (χ0n) is 11.4. The Morgan fingerprint density at radius 2 is 1.25 bits per heavy atom. The summed E-state index contributed by atoms with van der Waals surface area (Å²) in [5.41, 5.74) is 0. The average molecular weight is 288 g/mol. The molecule has 0 spiro atoms. The van der Waals surface area contributed by atoms with Crippen molar-refractivity contribution in [3.05, 3.63) is 0 Å². The van der Waals surface area contributed by atoms with E-state index in [9.17, 15) is 19.2 Å². The Morgan fingerprint density at radius 3 is 1.60 bits per heavy atom. The zero-order chi connectivity index (χ0) is 15.3. The van der Waals surface area contributed by atoms with Gasteiger partial charge >= 0.3 is 17.9 Å². The van der Waals surface area contributed by atoms with Crippen LogP contribution in [0.4, 0.5) is 0 Å². The van der Waals surface area contributed by atoms with E-state index in [1.54, 1.807) is 0 Å². The summed E-state index contributed by atoms with van der Waals surface area (Å²) in [7, 11) is 3.49. The van der Waals surface area contributed by atoms with Crippen molar-refractivity contribution in [2.45, 2.75) is 0 Å². The van der Waals surface area contributed by atoms with Crippen LogP contribution in [0.1, 0.15) is 0 Å². The molecule has 0 aromatic carbocycles. The van der Waals surface area contributed by atoms with Crippen LogP contribution >= 0.6 is 0 Å². The lowest BCUT2D eigenvalue weighted by Crippen LogP contribution is -2.59. The number of hydrogen-bond acceptors (Lipinski definition) is 8. The van der Waals surface area contributed by atoms with Gasteiger partial charge in [-0.3, -0.25) is 19.2 Å². The van der Waals surface area contributed by atoms with Gasteiger partial charge in [0.1, 0.15) is 0 Å². The first-order valence-electron chi connectivity index (χ1n) is 5.82. The Morgan fingerprint density at radius 1 is 0.850 bits per heavy atom. The number of carbonyl (C=O) groups is 4. The molecule has 8 nitrogen and oxygen atoms in total. The molecule has 0 bridgehead atoms. The summed E-state index contributed by atoms with van der Waals surface area (Å²) in [6.45, 7) is 0.0185. The molecule has 0 aromatic heterocycles. The van der Waals surface area contributed by atoms with Gasteiger partial charge in [-0.15, -0.1) is 0 Å². The number of methoxy groups -OCH3 is 3. The van der Waals surface area contributed by atoms with Crippen LogP contribution in [-0.2, 0) is 38.1 Å². The number of ether oxygens (including phenoxy) is 4. The molecule has 1 rings (SSSR count). The normalized spacial score (nSPS) is 27.8. The van der Waals surface area contributed by atoms with Gasteiger partial charge in [-0.2, -0.15) is 0 Å². The third-order valence-electron chi connectivity index (χ3n) is 3.47. The molecule has 0 amide bonds. The van der Waals surface area contributed by atoms with Crippen molar-refractivity contribution < 1.29 is 38.1 Å². The fourth-order valence-corrected chi connectivity index (χ4v) is 2.54. The van der Waals surface area contributed by atoms with Crippen molar-refractivity contribution in [1.29, 1.82) is 0 Å². The van der Waals surface area contributed by atoms with E-state index < -0.39 is 41.6 Å². The van der Waals surface area contributed by atoms with Crippen LogP contribution in [0.3, 0.4) is 0 Å². The first-order chi connectivity index (χ1) is 9.53. The molecule has 0 unspecified atom stereocenters. The molecule has 112 valence electrons. The second kappa shape index (κ2) is 6.88. The predicted octanol–water partition coefficient (Wildman–Crippen LogP) is -0.843. The molecule has 0 N–H and O–H groups in total. The molecule has 1 saturated carbocycles. The molecule has 0 aliphatic heterocycles. The quantitative estimate of drug-likeness (QED) is 0.354. The minimum Gasteiger partial charge on any atom is -0.469 e. The third-order valence-corrected chi connectivity index (χ3v) is 3.47. The standard InChI is InChI=1S/C12H16O8/c1-17-10(14)7-6(4-20-5-13)8(11(15)18-2)9(7)12(16)19-3/h5-9H,4H2,1-3H3/t6-,7-,8+,9+. The Bertz CT molecular complexity index is 380. The van der Waals surface area contributed by atoms with Gasteiger partial charge in [0.25, 0.3) is 6.47 Å². The first kappa shape index (κ1) is 15.9. The van der Waals surface area contributed by atoms with Gasteiger partial charge in [-0.05, 0) is 0 Å². The number of rotatable bonds is 6. The van der Waals surface area contributed by atoms with Crippen molar-refractivity contribution in [3.63, 3.8) is 0 Å². The van der Waals surface area contributed by atoms with Crippen LogP contribution in [0.2, 0.25) is 0 Å². The summed E-state index contributed by atoms with van der Waals surface area (Å²) in [6.07, 6.45) is 0. The largest absolute Gasteiger partial charge is 0.469 e. The molecule has 0 saturated heterocycles. The molecule has 1 aliphatic rings. The van der Waals surface area contributed by atoms with Crippen molar-refractivity contribution in [3.8, 4) is 0 Å². The van der Waals surface area contributed by atoms with Gasteiger partial charge in [-0.25, -0.2) is 0 Å². The van der Waals surface area contributed by atoms with Gasteiger partial charge in [0.2, 0.25) is 0 Å². The maximum Gasteiger partial charge on any atom is 0.310 e. The first-order valence-corrected chi connectivity index (χ1v) is 5.82. The highest BCUT2D eigenvalue weighted by Gasteiger charge is 2.62. The molecule has 0 aromatic rings. The highest BCUT2D eigenvalue weighted by molar-refractivity contribution is 5.91. The smallest absolute Gasteiger partial charge is 0.310 e. The minimum atomic E-state index is -1.000. The summed E-state index contributed by atoms with van der Waals surface area (Å²) >= 11 is 0. The van der Waals surface area contributed by atoms with E-state index in [4.69, 9.17) is 0 Å². The van der Waals surface area contributed by atoms with Crippen LogP contribution < -0.4 is 0 Å². The lowest BCUT2D eigenvalue weighted by Gasteiger charge is -2.46. The summed E-state index contributed by atoms with van der Waals surface area (Å²) in [4.78, 5) is 45.5. The Balaban J connectivity index is 3.02. The number of esters is 3. The Kier molecular flexibility index (Phi) is 5.48. The summed E-state index contributed by atoms with van der Waals surface area (Å²) < 4.78 is 18.4. The van der Waals surface area contributed by atoms with E-state index in [2.05, 4.69) is 18.9 Å². The third kappa shape index (κ3) is 2.73. The SMILES string of the molecule is COC(=O)[C@H]1[C@H](C(=O)OC)[C@@H](COC=O)[C@@H]1C(=O)OC. The van der Waals surface area contributed by atoms with Gasteiger partial charge in [0, 0.05) is 5.92 Å². The van der Waals surface area contributed by atoms with Crippen LogP contribution in [0.5, 0.6) is 0 Å². The topological polar surface area (TPSA) is 105 Å². The molecule has 1 fully saturated rings. The second-order valence-corrected chi connectivity index (χ2v) is 4.24. The Labute approximate surface area is 115 Å². The maximum atomic E-state index is 11.7. The van der Waals surface area contributed by atoms with Gasteiger partial charge in [0.05, 0.1) is 45.7 Å². The van der Waals surface area contributed by atoms with Gasteiger partial charge in [0.15, 0.2) is 0 Å². The highest BCUT2D eigenvalue weighted by Crippen LogP contribution is 2.48. The van der Waals surface area contributed by atoms with Gasteiger partial charge in [-0.1, -0.05) is 0 Å². The predicted molar refractivity (Wildman–Crippen MR) is 62.0 cm³/mol. The molecule has 0 radical (unpaired) electrons. The molecular weight excluding hydrogens is 272 g/mol. The van der Waals surface area contributed by atoms with E-state index in [-0.39, 0.29) is 13.1 Å². The van der Waals surface area contributed by atoms with Crippen molar-refractivity contribution in [1.82, 2.24) is 0 Å². The molecular formula is C12H16O8. The summed E-state index contributed by atoms with van der Waals surface area (Å²) in [6, 6.07) is 0. The molecule has 1 aliphatic carbocycles. The fourth-order valence-electron chi connectivity index (χ4n) is 2.54. The maximum absolute atomic E-state index is 11.7. The van der Waals surface area contributed by atoms with Crippen molar-refractivity contribution in [2.24, 2.45) is 23.7 Å². The monoisotopic (exact) mass is 288 g/mol. The lowest BCUT2D eigenvalue weighted by atomic mass is 9.56. The van der Waals surface area contributed by atoms with Crippen LogP contribution in [0.25, 0.3) is 0 Å². The fraction of sp³-hybridized carbons (Fsp3) is 0.667. The second-order valence-electron chi connectivity index (χ2n) is 4.24. The van der Waals surface area contributed by atoms with E-state index in [0.29, 0.717) is 0 Å². The molecule has 20 heavy (non-hydrogen) atoms. The molecule has 4 atom stereocenters. The lowest BCUT2D eigenvalue weighted by molar-refractivity contribution is -0.192. The minimum absolute atomic E-state index is 0.184. The molecule has 8 heteroatoms. The van der Waals surface area contributed by atoms with Gasteiger partial charge < -0.3 is 18.9 Å². The number of carbonyl (C=O) groups excluding carboxylic acids is 4. The van der Waals surface area contributed by atoms with Crippen LogP contribution in [-0.4, -0.2) is 52.3 Å². The van der Waals surface area contributed by atoms with E-state index in [0.717, 1.165) is 7.11 Å².